The lowest BCUT2D eigenvalue weighted by Gasteiger charge is -2.12. The lowest BCUT2D eigenvalue weighted by molar-refractivity contribution is -0.115. The minimum atomic E-state index is -0.446. The maximum absolute atomic E-state index is 12.1. The number of carbonyl (C=O) groups excluding carboxylic acids is 1. The van der Waals surface area contributed by atoms with Crippen molar-refractivity contribution in [1.29, 1.82) is 0 Å². The summed E-state index contributed by atoms with van der Waals surface area (Å²) in [6.07, 6.45) is 2.81. The number of phenols is 1. The van der Waals surface area contributed by atoms with Gasteiger partial charge in [-0.3, -0.25) is 10.1 Å². The summed E-state index contributed by atoms with van der Waals surface area (Å²) in [6.45, 7) is 3.68. The molecule has 1 amide bonds. The number of halogens is 2. The van der Waals surface area contributed by atoms with Gasteiger partial charge < -0.3 is 14.8 Å². The molecule has 0 atom stereocenters. The monoisotopic (exact) mass is 460 g/mol. The first-order valence-electron chi connectivity index (χ1n) is 8.88. The number of carbonyl (C=O) groups is 1. The Morgan fingerprint density at radius 2 is 1.90 bits per heavy atom. The quantitative estimate of drug-likeness (QED) is 0.249. The molecule has 154 valence electrons. The Morgan fingerprint density at radius 1 is 1.13 bits per heavy atom. The molecule has 0 unspecified atom stereocenters. The van der Waals surface area contributed by atoms with Crippen molar-refractivity contribution in [3.8, 4) is 17.1 Å². The molecule has 1 aromatic heterocycles. The molecule has 8 heteroatoms. The van der Waals surface area contributed by atoms with Crippen molar-refractivity contribution in [1.82, 2.24) is 5.32 Å². The van der Waals surface area contributed by atoms with E-state index in [9.17, 15) is 9.90 Å². The fourth-order valence-electron chi connectivity index (χ4n) is 2.80. The number of phenolic OH excluding ortho intramolecular Hbond substituents is 1. The smallest absolute Gasteiger partial charge is 0.250 e. The Morgan fingerprint density at radius 3 is 2.63 bits per heavy atom. The second kappa shape index (κ2) is 9.34. The summed E-state index contributed by atoms with van der Waals surface area (Å²) in [6, 6.07) is 12.2. The van der Waals surface area contributed by atoms with Crippen LogP contribution in [0, 0.1) is 13.8 Å². The van der Waals surface area contributed by atoms with Gasteiger partial charge in [-0.15, -0.1) is 0 Å². The second-order valence-electron chi connectivity index (χ2n) is 6.58. The molecular formula is C22H18Cl2N2O3S. The molecule has 2 aromatic carbocycles. The molecule has 0 saturated heterocycles. The lowest BCUT2D eigenvalue weighted by Crippen LogP contribution is -2.32. The Balaban J connectivity index is 1.62. The first-order chi connectivity index (χ1) is 14.2. The molecule has 1 heterocycles. The van der Waals surface area contributed by atoms with Crippen molar-refractivity contribution in [2.45, 2.75) is 13.8 Å². The molecule has 3 aromatic rings. The van der Waals surface area contributed by atoms with E-state index in [-0.39, 0.29) is 10.9 Å². The minimum absolute atomic E-state index is 0.0676. The summed E-state index contributed by atoms with van der Waals surface area (Å²) in [4.78, 5) is 12.1. The molecule has 0 radical (unpaired) electrons. The van der Waals surface area contributed by atoms with Crippen LogP contribution in [0.5, 0.6) is 5.75 Å². The van der Waals surface area contributed by atoms with Crippen molar-refractivity contribution in [3.63, 3.8) is 0 Å². The molecule has 0 fully saturated rings. The van der Waals surface area contributed by atoms with E-state index < -0.39 is 5.91 Å². The molecule has 0 aliphatic heterocycles. The number of amides is 1. The van der Waals surface area contributed by atoms with Gasteiger partial charge in [0.05, 0.1) is 10.7 Å². The molecular weight excluding hydrogens is 443 g/mol. The van der Waals surface area contributed by atoms with E-state index in [0.29, 0.717) is 38.4 Å². The van der Waals surface area contributed by atoms with Crippen LogP contribution in [-0.2, 0) is 4.79 Å². The first kappa shape index (κ1) is 21.9. The summed E-state index contributed by atoms with van der Waals surface area (Å²) in [7, 11) is 0. The zero-order valence-corrected chi connectivity index (χ0v) is 18.5. The minimum Gasteiger partial charge on any atom is -0.505 e. The van der Waals surface area contributed by atoms with Gasteiger partial charge in [-0.1, -0.05) is 29.3 Å². The van der Waals surface area contributed by atoms with Crippen molar-refractivity contribution < 1.29 is 14.3 Å². The number of hydrogen-bond acceptors (Lipinski definition) is 4. The van der Waals surface area contributed by atoms with Crippen LogP contribution < -0.4 is 10.6 Å². The first-order valence-corrected chi connectivity index (χ1v) is 10.0. The number of thiocarbonyl (C=S) groups is 1. The third-order valence-electron chi connectivity index (χ3n) is 4.15. The summed E-state index contributed by atoms with van der Waals surface area (Å²) in [5.74, 6) is 0.659. The van der Waals surface area contributed by atoms with Crippen LogP contribution in [0.3, 0.4) is 0 Å². The summed E-state index contributed by atoms with van der Waals surface area (Å²) in [5.41, 5.74) is 2.79. The van der Waals surface area contributed by atoms with E-state index in [1.807, 2.05) is 13.0 Å². The van der Waals surface area contributed by atoms with Gasteiger partial charge in [0.25, 0.3) is 0 Å². The fraction of sp³-hybridized carbons (Fsp3) is 0.0909. The summed E-state index contributed by atoms with van der Waals surface area (Å²) < 4.78 is 5.71. The maximum Gasteiger partial charge on any atom is 0.250 e. The van der Waals surface area contributed by atoms with Gasteiger partial charge in [0.15, 0.2) is 5.11 Å². The van der Waals surface area contributed by atoms with Gasteiger partial charge in [0.1, 0.15) is 17.3 Å². The second-order valence-corrected chi connectivity index (χ2v) is 7.83. The van der Waals surface area contributed by atoms with E-state index in [1.54, 1.807) is 43.3 Å². The van der Waals surface area contributed by atoms with Gasteiger partial charge >= 0.3 is 0 Å². The molecule has 3 rings (SSSR count). The number of hydrogen-bond donors (Lipinski definition) is 3. The van der Waals surface area contributed by atoms with E-state index in [1.165, 1.54) is 12.2 Å². The van der Waals surface area contributed by atoms with Crippen molar-refractivity contribution in [2.75, 3.05) is 5.32 Å². The average Bonchev–Trinajstić information content (AvgIpc) is 3.12. The Bertz CT molecular complexity index is 1160. The Kier molecular flexibility index (Phi) is 6.82. The molecule has 3 N–H and O–H groups in total. The number of rotatable bonds is 4. The predicted molar refractivity (Wildman–Crippen MR) is 125 cm³/mol. The van der Waals surface area contributed by atoms with Crippen LogP contribution in [0.4, 0.5) is 5.69 Å². The van der Waals surface area contributed by atoms with Crippen LogP contribution in [0.25, 0.3) is 17.4 Å². The Hall–Kier alpha value is -2.80. The SMILES string of the molecule is Cc1cc(C)c(O)c(NC(=S)NC(=O)/C=C/c2ccc(-c3ccc(Cl)cc3Cl)o2)c1. The molecule has 0 spiro atoms. The van der Waals surface area contributed by atoms with Crippen LogP contribution in [-0.4, -0.2) is 16.1 Å². The standard InChI is InChI=1S/C22H18Cl2N2O3S/c1-12-9-13(2)21(28)18(10-12)25-22(30)26-20(27)8-5-15-4-7-19(29-15)16-6-3-14(23)11-17(16)24/h3-11,28H,1-2H3,(H2,25,26,27,30)/b8-5+. The maximum atomic E-state index is 12.1. The van der Waals surface area contributed by atoms with E-state index in [2.05, 4.69) is 10.6 Å². The van der Waals surface area contributed by atoms with Gasteiger partial charge in [0.2, 0.25) is 5.91 Å². The normalized spacial score (nSPS) is 10.9. The summed E-state index contributed by atoms with van der Waals surface area (Å²) >= 11 is 17.2. The number of benzene rings is 2. The number of aryl methyl sites for hydroxylation is 2. The third-order valence-corrected chi connectivity index (χ3v) is 4.90. The number of anilines is 1. The molecule has 0 bridgehead atoms. The van der Waals surface area contributed by atoms with Crippen molar-refractivity contribution in [2.24, 2.45) is 0 Å². The lowest BCUT2D eigenvalue weighted by atomic mass is 10.1. The van der Waals surface area contributed by atoms with Gasteiger partial charge in [-0.25, -0.2) is 0 Å². The third kappa shape index (κ3) is 5.42. The molecule has 0 saturated carbocycles. The number of nitrogens with one attached hydrogen (secondary N) is 2. The van der Waals surface area contributed by atoms with E-state index in [0.717, 1.165) is 5.56 Å². The van der Waals surface area contributed by atoms with Gasteiger partial charge in [-0.2, -0.15) is 0 Å². The molecule has 0 aliphatic carbocycles. The van der Waals surface area contributed by atoms with Crippen molar-refractivity contribution >= 4 is 58.2 Å². The summed E-state index contributed by atoms with van der Waals surface area (Å²) in [5, 5.41) is 16.5. The fourth-order valence-corrected chi connectivity index (χ4v) is 3.51. The zero-order chi connectivity index (χ0) is 21.8. The highest BCUT2D eigenvalue weighted by atomic mass is 35.5. The van der Waals surface area contributed by atoms with Crippen LogP contribution in [0.15, 0.2) is 53.0 Å². The topological polar surface area (TPSA) is 74.5 Å². The van der Waals surface area contributed by atoms with Crippen LogP contribution in [0.2, 0.25) is 10.0 Å². The van der Waals surface area contributed by atoms with Crippen molar-refractivity contribution in [3.05, 3.63) is 75.5 Å². The highest BCUT2D eigenvalue weighted by Gasteiger charge is 2.10. The average molecular weight is 461 g/mol. The zero-order valence-electron chi connectivity index (χ0n) is 16.1. The predicted octanol–water partition coefficient (Wildman–Crippen LogP) is 6.10. The van der Waals surface area contributed by atoms with Crippen LogP contribution >= 0.6 is 35.4 Å². The molecule has 0 aliphatic rings. The van der Waals surface area contributed by atoms with E-state index in [4.69, 9.17) is 39.8 Å². The van der Waals surface area contributed by atoms with E-state index >= 15 is 0 Å². The number of furan rings is 1. The highest BCUT2D eigenvalue weighted by Crippen LogP contribution is 2.32. The van der Waals surface area contributed by atoms with Gasteiger partial charge in [-0.05, 0) is 79.7 Å². The number of aromatic hydroxyl groups is 1. The molecule has 30 heavy (non-hydrogen) atoms. The molecule has 5 nitrogen and oxygen atoms in total. The Labute approximate surface area is 189 Å². The largest absolute Gasteiger partial charge is 0.505 e. The van der Waals surface area contributed by atoms with Gasteiger partial charge in [0, 0.05) is 16.7 Å². The highest BCUT2D eigenvalue weighted by molar-refractivity contribution is 7.80. The van der Waals surface area contributed by atoms with Crippen LogP contribution in [0.1, 0.15) is 16.9 Å².